The number of ether oxygens (including phenoxy) is 1. The normalized spacial score (nSPS) is 12.8. The summed E-state index contributed by atoms with van der Waals surface area (Å²) in [5.41, 5.74) is 12.6. The number of pyridine rings is 2. The molecule has 0 spiro atoms. The van der Waals surface area contributed by atoms with Crippen LogP contribution in [-0.4, -0.2) is 22.2 Å². The Balaban J connectivity index is 2.02. The second-order valence-electron chi connectivity index (χ2n) is 6.86. The van der Waals surface area contributed by atoms with Crippen molar-refractivity contribution in [2.45, 2.75) is 26.3 Å². The SMILES string of the molecule is CC(C)C[C@H](N)COc1ccc2c3ccnc(N)c3c(=O)n(C)c2c1. The van der Waals surface area contributed by atoms with Gasteiger partial charge in [0.1, 0.15) is 18.2 Å². The molecule has 0 aliphatic carbocycles. The van der Waals surface area contributed by atoms with Crippen LogP contribution in [-0.2, 0) is 7.05 Å². The summed E-state index contributed by atoms with van der Waals surface area (Å²) in [6.45, 7) is 4.72. The first kappa shape index (κ1) is 17.2. The third kappa shape index (κ3) is 3.30. The zero-order chi connectivity index (χ0) is 18.1. The van der Waals surface area contributed by atoms with Crippen LogP contribution in [0.15, 0.2) is 35.3 Å². The molecule has 0 saturated heterocycles. The summed E-state index contributed by atoms with van der Waals surface area (Å²) in [6.07, 6.45) is 2.52. The van der Waals surface area contributed by atoms with E-state index in [1.54, 1.807) is 17.8 Å². The number of aryl methyl sites for hydroxylation is 1. The summed E-state index contributed by atoms with van der Waals surface area (Å²) < 4.78 is 7.41. The molecule has 0 saturated carbocycles. The van der Waals surface area contributed by atoms with E-state index in [4.69, 9.17) is 16.2 Å². The Morgan fingerprint density at radius 1 is 1.24 bits per heavy atom. The number of nitrogens with two attached hydrogens (primary N) is 2. The quantitative estimate of drug-likeness (QED) is 0.695. The predicted octanol–water partition coefficient (Wildman–Crippen LogP) is 2.42. The van der Waals surface area contributed by atoms with Crippen molar-refractivity contribution in [1.82, 2.24) is 9.55 Å². The number of hydrogen-bond donors (Lipinski definition) is 2. The van der Waals surface area contributed by atoms with Crippen LogP contribution in [0, 0.1) is 5.92 Å². The van der Waals surface area contributed by atoms with Crippen LogP contribution in [0.2, 0.25) is 0 Å². The molecule has 25 heavy (non-hydrogen) atoms. The lowest BCUT2D eigenvalue weighted by atomic mass is 10.1. The molecule has 0 unspecified atom stereocenters. The van der Waals surface area contributed by atoms with E-state index in [9.17, 15) is 4.79 Å². The Hall–Kier alpha value is -2.60. The van der Waals surface area contributed by atoms with Crippen LogP contribution >= 0.6 is 0 Å². The fraction of sp³-hybridized carbons (Fsp3) is 0.368. The van der Waals surface area contributed by atoms with E-state index >= 15 is 0 Å². The first-order valence-corrected chi connectivity index (χ1v) is 8.43. The van der Waals surface area contributed by atoms with E-state index in [1.165, 1.54) is 0 Å². The van der Waals surface area contributed by atoms with E-state index in [2.05, 4.69) is 18.8 Å². The monoisotopic (exact) mass is 340 g/mol. The van der Waals surface area contributed by atoms with E-state index in [0.29, 0.717) is 23.7 Å². The van der Waals surface area contributed by atoms with Gasteiger partial charge in [0, 0.05) is 36.1 Å². The number of hydrogen-bond acceptors (Lipinski definition) is 5. The number of nitrogen functional groups attached to an aromatic ring is 1. The maximum atomic E-state index is 12.6. The van der Waals surface area contributed by atoms with Gasteiger partial charge in [-0.25, -0.2) is 4.98 Å². The highest BCUT2D eigenvalue weighted by molar-refractivity contribution is 6.08. The topological polar surface area (TPSA) is 96.2 Å². The summed E-state index contributed by atoms with van der Waals surface area (Å²) in [6, 6.07) is 7.51. The average molecular weight is 340 g/mol. The minimum Gasteiger partial charge on any atom is -0.492 e. The molecule has 4 N–H and O–H groups in total. The smallest absolute Gasteiger partial charge is 0.262 e. The lowest BCUT2D eigenvalue weighted by Crippen LogP contribution is -2.29. The van der Waals surface area contributed by atoms with Crippen LogP contribution in [0.1, 0.15) is 20.3 Å². The molecule has 1 atom stereocenters. The molecular weight excluding hydrogens is 316 g/mol. The van der Waals surface area contributed by atoms with Crippen molar-refractivity contribution in [2.24, 2.45) is 18.7 Å². The highest BCUT2D eigenvalue weighted by Crippen LogP contribution is 2.27. The Labute approximate surface area is 146 Å². The lowest BCUT2D eigenvalue weighted by molar-refractivity contribution is 0.271. The van der Waals surface area contributed by atoms with Gasteiger partial charge in [0.25, 0.3) is 5.56 Å². The molecule has 0 aliphatic rings. The summed E-state index contributed by atoms with van der Waals surface area (Å²) in [4.78, 5) is 16.7. The number of benzene rings is 1. The molecule has 3 aromatic rings. The van der Waals surface area contributed by atoms with E-state index < -0.39 is 0 Å². The Kier molecular flexibility index (Phi) is 4.63. The van der Waals surface area contributed by atoms with Crippen molar-refractivity contribution in [3.63, 3.8) is 0 Å². The third-order valence-electron chi connectivity index (χ3n) is 4.36. The molecule has 3 rings (SSSR count). The summed E-state index contributed by atoms with van der Waals surface area (Å²) >= 11 is 0. The second kappa shape index (κ2) is 6.72. The Morgan fingerprint density at radius 3 is 2.72 bits per heavy atom. The zero-order valence-corrected chi connectivity index (χ0v) is 14.8. The molecule has 132 valence electrons. The molecule has 0 radical (unpaired) electrons. The molecule has 2 heterocycles. The highest BCUT2D eigenvalue weighted by atomic mass is 16.5. The second-order valence-corrected chi connectivity index (χ2v) is 6.86. The highest BCUT2D eigenvalue weighted by Gasteiger charge is 2.13. The van der Waals surface area contributed by atoms with Crippen LogP contribution in [0.25, 0.3) is 21.7 Å². The molecule has 2 aromatic heterocycles. The van der Waals surface area contributed by atoms with E-state index in [0.717, 1.165) is 22.7 Å². The number of fused-ring (bicyclic) bond motifs is 3. The summed E-state index contributed by atoms with van der Waals surface area (Å²) in [7, 11) is 1.73. The van der Waals surface area contributed by atoms with Gasteiger partial charge in [-0.1, -0.05) is 13.8 Å². The van der Waals surface area contributed by atoms with Gasteiger partial charge in [-0.15, -0.1) is 0 Å². The molecule has 6 heteroatoms. The van der Waals surface area contributed by atoms with Crippen molar-refractivity contribution in [1.29, 1.82) is 0 Å². The third-order valence-corrected chi connectivity index (χ3v) is 4.36. The van der Waals surface area contributed by atoms with Crippen LogP contribution in [0.3, 0.4) is 0 Å². The van der Waals surface area contributed by atoms with Crippen molar-refractivity contribution in [3.05, 3.63) is 40.8 Å². The minimum atomic E-state index is -0.165. The van der Waals surface area contributed by atoms with Gasteiger partial charge in [0.05, 0.1) is 10.9 Å². The maximum absolute atomic E-state index is 12.6. The molecule has 6 nitrogen and oxygen atoms in total. The first-order valence-electron chi connectivity index (χ1n) is 8.43. The van der Waals surface area contributed by atoms with Gasteiger partial charge in [-0.05, 0) is 30.5 Å². The van der Waals surface area contributed by atoms with Gasteiger partial charge in [0.2, 0.25) is 0 Å². The Bertz CT molecular complexity index is 978. The van der Waals surface area contributed by atoms with Gasteiger partial charge in [0.15, 0.2) is 0 Å². The largest absolute Gasteiger partial charge is 0.492 e. The van der Waals surface area contributed by atoms with Crippen LogP contribution in [0.5, 0.6) is 5.75 Å². The van der Waals surface area contributed by atoms with E-state index in [-0.39, 0.29) is 17.4 Å². The minimum absolute atomic E-state index is 0.0120. The average Bonchev–Trinajstić information content (AvgIpc) is 2.57. The van der Waals surface area contributed by atoms with Crippen LogP contribution in [0.4, 0.5) is 5.82 Å². The van der Waals surface area contributed by atoms with Gasteiger partial charge < -0.3 is 20.8 Å². The van der Waals surface area contributed by atoms with Crippen molar-refractivity contribution >= 4 is 27.5 Å². The maximum Gasteiger partial charge on any atom is 0.262 e. The molecule has 0 bridgehead atoms. The van der Waals surface area contributed by atoms with Gasteiger partial charge >= 0.3 is 0 Å². The molecular formula is C19H24N4O2. The fourth-order valence-corrected chi connectivity index (χ4v) is 3.19. The first-order chi connectivity index (χ1) is 11.9. The number of rotatable bonds is 5. The standard InChI is InChI=1S/C19H24N4O2/c1-11(2)8-12(20)10-25-13-4-5-14-15-6-7-22-18(21)17(15)19(24)23(3)16(14)9-13/h4-7,9,11-12H,8,10,20H2,1-3H3,(H2,21,22)/t12-/m0/s1. The summed E-state index contributed by atoms with van der Waals surface area (Å²) in [5, 5.41) is 2.18. The molecule has 0 aliphatic heterocycles. The van der Waals surface area contributed by atoms with Crippen molar-refractivity contribution < 1.29 is 4.74 Å². The van der Waals surface area contributed by atoms with Gasteiger partial charge in [-0.2, -0.15) is 0 Å². The predicted molar refractivity (Wildman–Crippen MR) is 102 cm³/mol. The fourth-order valence-electron chi connectivity index (χ4n) is 3.19. The van der Waals surface area contributed by atoms with Gasteiger partial charge in [-0.3, -0.25) is 4.79 Å². The molecule has 0 amide bonds. The number of anilines is 1. The lowest BCUT2D eigenvalue weighted by Gasteiger charge is -2.16. The molecule has 1 aromatic carbocycles. The van der Waals surface area contributed by atoms with E-state index in [1.807, 2.05) is 24.3 Å². The number of aromatic nitrogens is 2. The Morgan fingerprint density at radius 2 is 2.00 bits per heavy atom. The zero-order valence-electron chi connectivity index (χ0n) is 14.8. The number of nitrogens with zero attached hydrogens (tertiary/aromatic N) is 2. The summed E-state index contributed by atoms with van der Waals surface area (Å²) in [5.74, 6) is 1.48. The van der Waals surface area contributed by atoms with Crippen LogP contribution < -0.4 is 21.8 Å². The molecule has 0 fully saturated rings. The van der Waals surface area contributed by atoms with Crippen molar-refractivity contribution in [3.8, 4) is 5.75 Å². The van der Waals surface area contributed by atoms with Crippen molar-refractivity contribution in [2.75, 3.05) is 12.3 Å².